The third-order valence-corrected chi connectivity index (χ3v) is 2.32. The third-order valence-electron chi connectivity index (χ3n) is 2.32. The van der Waals surface area contributed by atoms with Gasteiger partial charge in [-0.2, -0.15) is 0 Å². The van der Waals surface area contributed by atoms with Crippen LogP contribution in [0.25, 0.3) is 0 Å². The predicted octanol–water partition coefficient (Wildman–Crippen LogP) is 1.40. The number of halogens is 1. The number of alkyl halides is 1. The van der Waals surface area contributed by atoms with Gasteiger partial charge in [-0.05, 0) is 30.4 Å². The molecule has 0 saturated heterocycles. The number of guanidine groups is 1. The van der Waals surface area contributed by atoms with Gasteiger partial charge < -0.3 is 11.5 Å². The number of aryl methyl sites for hydroxylation is 1. The van der Waals surface area contributed by atoms with E-state index < -0.39 is 0 Å². The van der Waals surface area contributed by atoms with Gasteiger partial charge in [-0.3, -0.25) is 9.38 Å². The van der Waals surface area contributed by atoms with Gasteiger partial charge in [-0.15, -0.1) is 0 Å². The second-order valence-electron chi connectivity index (χ2n) is 3.67. The maximum atomic E-state index is 12.0. The summed E-state index contributed by atoms with van der Waals surface area (Å²) >= 11 is 0. The minimum absolute atomic E-state index is 0.125. The highest BCUT2D eigenvalue weighted by molar-refractivity contribution is 5.75. The molecule has 3 nitrogen and oxygen atoms in total. The van der Waals surface area contributed by atoms with E-state index in [-0.39, 0.29) is 12.6 Å². The van der Waals surface area contributed by atoms with Gasteiger partial charge in [0.1, 0.15) is 0 Å². The zero-order chi connectivity index (χ0) is 11.8. The monoisotopic (exact) mass is 222 g/mol. The number of benzene rings is 1. The van der Waals surface area contributed by atoms with Crippen molar-refractivity contribution >= 4 is 5.96 Å². The second kappa shape index (κ2) is 6.82. The highest BCUT2D eigenvalue weighted by Gasteiger charge is 1.95. The van der Waals surface area contributed by atoms with Crippen LogP contribution in [0.15, 0.2) is 29.3 Å². The zero-order valence-corrected chi connectivity index (χ0v) is 9.32. The quantitative estimate of drug-likeness (QED) is 0.564. The minimum Gasteiger partial charge on any atom is -0.370 e. The molecule has 88 valence electrons. The molecule has 0 spiro atoms. The van der Waals surface area contributed by atoms with E-state index >= 15 is 0 Å². The fraction of sp³-hybridized carbons (Fsp3) is 0.417. The molecule has 4 N–H and O–H groups in total. The normalized spacial score (nSPS) is 10.1. The van der Waals surface area contributed by atoms with Crippen molar-refractivity contribution in [2.75, 3.05) is 13.2 Å². The molecule has 1 aromatic carbocycles. The second-order valence-corrected chi connectivity index (χ2v) is 3.67. The first-order valence-corrected chi connectivity index (χ1v) is 5.41. The zero-order valence-electron chi connectivity index (χ0n) is 9.32. The maximum Gasteiger partial charge on any atom is 0.185 e. The van der Waals surface area contributed by atoms with E-state index in [1.54, 1.807) is 0 Å². The van der Waals surface area contributed by atoms with Gasteiger partial charge in [-0.1, -0.05) is 24.3 Å². The van der Waals surface area contributed by atoms with Gasteiger partial charge >= 0.3 is 0 Å². The number of hydrogen-bond donors (Lipinski definition) is 2. The van der Waals surface area contributed by atoms with Gasteiger partial charge in [0.15, 0.2) is 5.96 Å². The Bertz CT molecular complexity index is 329. The fourth-order valence-corrected chi connectivity index (χ4v) is 1.46. The molecule has 0 saturated carbocycles. The molecule has 0 amide bonds. The molecule has 0 fully saturated rings. The molecule has 1 rings (SSSR count). The van der Waals surface area contributed by atoms with Gasteiger partial charge in [0.25, 0.3) is 0 Å². The van der Waals surface area contributed by atoms with E-state index in [4.69, 9.17) is 11.5 Å². The Labute approximate surface area is 95.4 Å². The van der Waals surface area contributed by atoms with Crippen molar-refractivity contribution in [2.24, 2.45) is 16.5 Å². The molecule has 0 aliphatic rings. The Morgan fingerprint density at radius 3 is 2.12 bits per heavy atom. The van der Waals surface area contributed by atoms with E-state index in [1.165, 1.54) is 11.1 Å². The van der Waals surface area contributed by atoms with Crippen molar-refractivity contribution in [2.45, 2.75) is 19.3 Å². The average molecular weight is 222 g/mol. The van der Waals surface area contributed by atoms with Crippen LogP contribution in [0.5, 0.6) is 0 Å². The largest absolute Gasteiger partial charge is 0.370 e. The molecule has 4 heteroatoms. The van der Waals surface area contributed by atoms with Crippen molar-refractivity contribution in [3.8, 4) is 0 Å². The van der Waals surface area contributed by atoms with Crippen LogP contribution in [0.3, 0.4) is 0 Å². The average Bonchev–Trinajstić information content (AvgIpc) is 2.27. The molecule has 0 aliphatic heterocycles. The van der Waals surface area contributed by atoms with Gasteiger partial charge in [-0.25, -0.2) is 0 Å². The third kappa shape index (κ3) is 4.77. The first-order chi connectivity index (χ1) is 7.72. The Morgan fingerprint density at radius 2 is 1.62 bits per heavy atom. The summed E-state index contributed by atoms with van der Waals surface area (Å²) in [6, 6.07) is 8.13. The highest BCUT2D eigenvalue weighted by Crippen LogP contribution is 2.07. The lowest BCUT2D eigenvalue weighted by atomic mass is 10.1. The van der Waals surface area contributed by atoms with Crippen LogP contribution in [0.1, 0.15) is 17.5 Å². The van der Waals surface area contributed by atoms with E-state index in [0.29, 0.717) is 13.0 Å². The van der Waals surface area contributed by atoms with Crippen LogP contribution in [0, 0.1) is 0 Å². The summed E-state index contributed by atoms with van der Waals surface area (Å²) in [7, 11) is 0. The van der Waals surface area contributed by atoms with Crippen LogP contribution in [0.2, 0.25) is 0 Å². The molecule has 0 atom stereocenters. The summed E-state index contributed by atoms with van der Waals surface area (Å²) < 4.78 is 12.0. The van der Waals surface area contributed by atoms with Crippen LogP contribution in [-0.4, -0.2) is 19.2 Å². The molecular formula is C12H18FN3. The number of nitrogens with two attached hydrogens (primary N) is 2. The summed E-state index contributed by atoms with van der Waals surface area (Å²) in [5, 5.41) is 0. The Kier molecular flexibility index (Phi) is 5.32. The lowest BCUT2D eigenvalue weighted by Gasteiger charge is -2.02. The van der Waals surface area contributed by atoms with Crippen molar-refractivity contribution in [1.82, 2.24) is 0 Å². The summed E-state index contributed by atoms with van der Waals surface area (Å²) in [6.45, 7) is 0.346. The van der Waals surface area contributed by atoms with Crippen LogP contribution >= 0.6 is 0 Å². The lowest BCUT2D eigenvalue weighted by Crippen LogP contribution is -2.23. The molecule has 0 aromatic heterocycles. The fourth-order valence-electron chi connectivity index (χ4n) is 1.46. The van der Waals surface area contributed by atoms with Crippen molar-refractivity contribution in [3.63, 3.8) is 0 Å². The predicted molar refractivity (Wildman–Crippen MR) is 65.1 cm³/mol. The topological polar surface area (TPSA) is 64.4 Å². The first-order valence-electron chi connectivity index (χ1n) is 5.41. The lowest BCUT2D eigenvalue weighted by molar-refractivity contribution is 0.473. The SMILES string of the molecule is NC(N)=NCCc1ccc(CCC[18F])cc1. The summed E-state index contributed by atoms with van der Waals surface area (Å²) in [5.41, 5.74) is 12.8. The van der Waals surface area contributed by atoms with Crippen molar-refractivity contribution in [1.29, 1.82) is 0 Å². The smallest absolute Gasteiger partial charge is 0.185 e. The highest BCUT2D eigenvalue weighted by atomic mass is 18.2. The standard InChI is InChI=1S/C12H18FN3/c13-8-1-2-10-3-5-11(6-4-10)7-9-16-12(14)15/h3-6H,1-2,7-9H2,(H4,14,15,16)/i13-1. The van der Waals surface area contributed by atoms with Crippen LogP contribution in [0.4, 0.5) is 4.39 Å². The van der Waals surface area contributed by atoms with E-state index in [0.717, 1.165) is 12.8 Å². The van der Waals surface area contributed by atoms with Crippen LogP contribution < -0.4 is 11.5 Å². The molecular weight excluding hydrogens is 204 g/mol. The van der Waals surface area contributed by atoms with Gasteiger partial charge in [0.2, 0.25) is 0 Å². The number of nitrogens with zero attached hydrogens (tertiary/aromatic N) is 1. The van der Waals surface area contributed by atoms with Crippen molar-refractivity contribution in [3.05, 3.63) is 35.4 Å². The molecule has 0 bridgehead atoms. The van der Waals surface area contributed by atoms with E-state index in [1.807, 2.05) is 24.3 Å². The van der Waals surface area contributed by atoms with E-state index in [9.17, 15) is 4.39 Å². The first kappa shape index (κ1) is 12.5. The summed E-state index contributed by atoms with van der Waals surface area (Å²) in [6.07, 6.45) is 2.21. The maximum absolute atomic E-state index is 12.0. The Morgan fingerprint density at radius 1 is 1.06 bits per heavy atom. The van der Waals surface area contributed by atoms with Crippen molar-refractivity contribution < 1.29 is 4.39 Å². The number of aliphatic imine (C=N–C) groups is 1. The van der Waals surface area contributed by atoms with Gasteiger partial charge in [0, 0.05) is 6.54 Å². The van der Waals surface area contributed by atoms with E-state index in [2.05, 4.69) is 4.99 Å². The number of rotatable bonds is 6. The minimum atomic E-state index is -0.258. The Balaban J connectivity index is 2.42. The summed E-state index contributed by atoms with van der Waals surface area (Å²) in [5.74, 6) is 0.125. The molecule has 0 aliphatic carbocycles. The molecule has 16 heavy (non-hydrogen) atoms. The molecule has 0 radical (unpaired) electrons. The molecule has 0 unspecified atom stereocenters. The Hall–Kier alpha value is -1.58. The molecule has 0 heterocycles. The van der Waals surface area contributed by atoms with Gasteiger partial charge in [0.05, 0.1) is 6.67 Å². The number of hydrogen-bond acceptors (Lipinski definition) is 1. The summed E-state index contributed by atoms with van der Waals surface area (Å²) in [4.78, 5) is 3.91. The van der Waals surface area contributed by atoms with Crippen LogP contribution in [-0.2, 0) is 12.8 Å². The molecule has 1 aromatic rings.